The summed E-state index contributed by atoms with van der Waals surface area (Å²) in [5, 5.41) is 41.5. The van der Waals surface area contributed by atoms with Crippen molar-refractivity contribution in [3.8, 4) is 5.75 Å². The number of unbranched alkanes of at least 4 members (excludes halogenated alkanes) is 1. The minimum atomic E-state index is -1.47. The monoisotopic (exact) mass is 1200 g/mol. The van der Waals surface area contributed by atoms with Crippen LogP contribution in [0.2, 0.25) is 0 Å². The highest BCUT2D eigenvalue weighted by Crippen LogP contribution is 2.33. The topological polar surface area (TPSA) is 372 Å². The quantitative estimate of drug-likeness (QED) is 0.0315. The summed E-state index contributed by atoms with van der Waals surface area (Å²) < 4.78 is 33.2. The fourth-order valence-corrected chi connectivity index (χ4v) is 10.4. The van der Waals surface area contributed by atoms with Crippen LogP contribution in [-0.2, 0) is 79.6 Å². The second-order valence-electron chi connectivity index (χ2n) is 20.7. The molecule has 0 spiro atoms. The number of phenolic OH excluding ortho intramolecular Hbond substituents is 1. The molecule has 0 aromatic heterocycles. The number of rotatable bonds is 45. The standard InChI is InChI=1S/C57H87N9O17S/c1-37(2)33-44(55(75)62-42(17-18-50(70)71)54(74)60-38(3)53(73)63-43(52(58)72)34-39-9-5-4-6-10-39)64-56(76)45(35-40-13-15-41(67)16-14-40)61-49(69)19-21-78-23-25-80-27-29-82-31-32-83-30-28-81-26-24-79-22-20-59-48(68)12-8-7-11-47-51-46(36-84-47)65-57(77)66-51/h4-6,9-10,13-16,37-38,42-47,51,67H,7-8,11-12,17-36H2,1-3H3,(H2,58,72)(H,59,68)(H,60,74)(H,61,69)(H,62,75)(H,63,73)(H,64,76)(H,70,71)(H2,65,66,77)/t38-,42-,43-,44-,45-,46+,47+,51+/m1/s1. The molecule has 0 radical (unpaired) electrons. The summed E-state index contributed by atoms with van der Waals surface area (Å²) >= 11 is 1.88. The number of fused-ring (bicyclic) bond motifs is 1. The predicted molar refractivity (Wildman–Crippen MR) is 309 cm³/mol. The van der Waals surface area contributed by atoms with Crippen molar-refractivity contribution in [3.05, 3.63) is 65.7 Å². The lowest BCUT2D eigenvalue weighted by Gasteiger charge is -2.27. The molecule has 4 rings (SSSR count). The SMILES string of the molecule is CC(C)C[C@@H](NC(=O)[C@@H](Cc1ccc(O)cc1)NC(=O)CCOCCOCCOCCOCCOCCOCCNC(=O)CCCC[C@@H]1SC[C@@H]2NC(=O)N[C@@H]21)C(=O)N[C@H](CCC(=O)O)C(=O)N[C@H](C)C(=O)N[C@H](Cc1ccccc1)C(N)=O. The van der Waals surface area contributed by atoms with Crippen LogP contribution < -0.4 is 48.3 Å². The van der Waals surface area contributed by atoms with Gasteiger partial charge in [0.05, 0.1) is 91.4 Å². The van der Waals surface area contributed by atoms with Crippen molar-refractivity contribution < 1.29 is 81.8 Å². The predicted octanol–water partition coefficient (Wildman–Crippen LogP) is 0.349. The number of carboxylic acid groups (broad SMARTS) is 1. The molecule has 9 amide bonds. The first kappa shape index (κ1) is 69.9. The van der Waals surface area contributed by atoms with Gasteiger partial charge < -0.3 is 86.9 Å². The molecule has 2 aliphatic rings. The smallest absolute Gasteiger partial charge is 0.315 e. The zero-order valence-corrected chi connectivity index (χ0v) is 49.2. The fourth-order valence-electron chi connectivity index (χ4n) is 8.87. The van der Waals surface area contributed by atoms with E-state index in [2.05, 4.69) is 42.5 Å². The molecule has 26 nitrogen and oxygen atoms in total. The molecule has 0 saturated carbocycles. The number of nitrogens with two attached hydrogens (primary N) is 1. The summed E-state index contributed by atoms with van der Waals surface area (Å²) in [6, 6.07) is 8.79. The maximum absolute atomic E-state index is 14.0. The lowest BCUT2D eigenvalue weighted by molar-refractivity contribution is -0.138. The highest BCUT2D eigenvalue weighted by atomic mass is 32.2. The zero-order chi connectivity index (χ0) is 61.1. The first-order valence-corrected chi connectivity index (χ1v) is 29.7. The summed E-state index contributed by atoms with van der Waals surface area (Å²) in [5.74, 6) is -5.09. The number of hydrogen-bond acceptors (Lipinski definition) is 17. The lowest BCUT2D eigenvalue weighted by Crippen LogP contribution is -2.59. The van der Waals surface area contributed by atoms with Gasteiger partial charge in [-0.15, -0.1) is 0 Å². The van der Waals surface area contributed by atoms with E-state index in [0.717, 1.165) is 30.6 Å². The molecule has 84 heavy (non-hydrogen) atoms. The molecule has 2 fully saturated rings. The van der Waals surface area contributed by atoms with Crippen LogP contribution in [0.15, 0.2) is 54.6 Å². The van der Waals surface area contributed by atoms with E-state index in [1.165, 1.54) is 19.1 Å². The number of aromatic hydroxyl groups is 1. The summed E-state index contributed by atoms with van der Waals surface area (Å²) in [6.07, 6.45) is 2.25. The van der Waals surface area contributed by atoms with Crippen LogP contribution in [0, 0.1) is 5.92 Å². The minimum Gasteiger partial charge on any atom is -0.508 e. The van der Waals surface area contributed by atoms with Crippen molar-refractivity contribution in [1.82, 2.24) is 42.5 Å². The Morgan fingerprint density at radius 3 is 1.73 bits per heavy atom. The number of aliphatic carboxylic acids is 1. The Labute approximate surface area is 494 Å². The van der Waals surface area contributed by atoms with E-state index >= 15 is 0 Å². The number of benzene rings is 2. The van der Waals surface area contributed by atoms with Gasteiger partial charge in [0.25, 0.3) is 0 Å². The Bertz CT molecular complexity index is 2360. The van der Waals surface area contributed by atoms with Crippen molar-refractivity contribution in [3.63, 3.8) is 0 Å². The normalized spacial score (nSPS) is 17.1. The van der Waals surface area contributed by atoms with Crippen LogP contribution in [0.4, 0.5) is 4.79 Å². The van der Waals surface area contributed by atoms with E-state index in [4.69, 9.17) is 34.2 Å². The Hall–Kier alpha value is -6.62. The van der Waals surface area contributed by atoms with Crippen LogP contribution in [-0.4, -0.2) is 203 Å². The molecule has 2 heterocycles. The number of primary amides is 1. The summed E-state index contributed by atoms with van der Waals surface area (Å²) in [7, 11) is 0. The third kappa shape index (κ3) is 28.8. The number of carboxylic acids is 1. The van der Waals surface area contributed by atoms with Crippen LogP contribution in [0.25, 0.3) is 0 Å². The zero-order valence-electron chi connectivity index (χ0n) is 48.4. The third-order valence-electron chi connectivity index (χ3n) is 13.3. The molecular weight excluding hydrogens is 1110 g/mol. The van der Waals surface area contributed by atoms with Crippen molar-refractivity contribution in [2.45, 2.75) is 133 Å². The number of phenols is 1. The molecule has 2 saturated heterocycles. The highest BCUT2D eigenvalue weighted by Gasteiger charge is 2.42. The maximum Gasteiger partial charge on any atom is 0.315 e. The van der Waals surface area contributed by atoms with E-state index in [0.29, 0.717) is 83.2 Å². The van der Waals surface area contributed by atoms with Crippen molar-refractivity contribution in [2.75, 3.05) is 91.6 Å². The van der Waals surface area contributed by atoms with Crippen LogP contribution in [0.3, 0.4) is 0 Å². The average Bonchev–Trinajstić information content (AvgIpc) is 3.37. The van der Waals surface area contributed by atoms with Gasteiger partial charge in [0.15, 0.2) is 0 Å². The Kier molecular flexibility index (Phi) is 33.1. The number of carbonyl (C=O) groups is 9. The number of amides is 9. The maximum atomic E-state index is 14.0. The van der Waals surface area contributed by atoms with Gasteiger partial charge in [-0.05, 0) is 61.8 Å². The number of ether oxygens (including phenoxy) is 6. The molecule has 27 heteroatoms. The molecule has 2 aromatic carbocycles. The van der Waals surface area contributed by atoms with Crippen molar-refractivity contribution >= 4 is 65.1 Å². The molecule has 8 atom stereocenters. The molecular formula is C57H87N9O17S. The Balaban J connectivity index is 1.07. The van der Waals surface area contributed by atoms with Crippen LogP contribution >= 0.6 is 11.8 Å². The molecule has 0 aliphatic carbocycles. The highest BCUT2D eigenvalue weighted by molar-refractivity contribution is 8.00. The molecule has 468 valence electrons. The van der Waals surface area contributed by atoms with Gasteiger partial charge in [-0.2, -0.15) is 11.8 Å². The summed E-state index contributed by atoms with van der Waals surface area (Å²) in [5.41, 5.74) is 6.85. The number of nitrogens with one attached hydrogen (secondary N) is 8. The van der Waals surface area contributed by atoms with E-state index in [1.807, 2.05) is 11.8 Å². The second kappa shape index (κ2) is 39.8. The number of thioether (sulfide) groups is 1. The largest absolute Gasteiger partial charge is 0.508 e. The molecule has 12 N–H and O–H groups in total. The number of hydrogen-bond donors (Lipinski definition) is 11. The van der Waals surface area contributed by atoms with Gasteiger partial charge in [-0.25, -0.2) is 4.79 Å². The number of carbonyl (C=O) groups excluding carboxylic acids is 8. The van der Waals surface area contributed by atoms with E-state index in [1.54, 1.807) is 56.3 Å². The minimum absolute atomic E-state index is 0.000206. The third-order valence-corrected chi connectivity index (χ3v) is 14.8. The van der Waals surface area contributed by atoms with Gasteiger partial charge in [0.1, 0.15) is 36.0 Å². The number of urea groups is 1. The van der Waals surface area contributed by atoms with E-state index in [9.17, 15) is 53.4 Å². The Morgan fingerprint density at radius 2 is 1.13 bits per heavy atom. The molecule has 0 bridgehead atoms. The van der Waals surface area contributed by atoms with E-state index in [-0.39, 0.29) is 87.6 Å². The van der Waals surface area contributed by atoms with Crippen molar-refractivity contribution in [2.24, 2.45) is 11.7 Å². The van der Waals surface area contributed by atoms with Crippen LogP contribution in [0.5, 0.6) is 5.75 Å². The van der Waals surface area contributed by atoms with Gasteiger partial charge in [0, 0.05) is 49.7 Å². The fraction of sp³-hybridized carbons (Fsp3) is 0.632. The molecule has 2 aliphatic heterocycles. The average molecular weight is 1200 g/mol. The first-order valence-electron chi connectivity index (χ1n) is 28.6. The Morgan fingerprint density at radius 1 is 0.595 bits per heavy atom. The van der Waals surface area contributed by atoms with Crippen LogP contribution in [0.1, 0.15) is 83.3 Å². The second-order valence-corrected chi connectivity index (χ2v) is 22.0. The van der Waals surface area contributed by atoms with Gasteiger partial charge >= 0.3 is 12.0 Å². The first-order chi connectivity index (χ1) is 40.4. The molecule has 0 unspecified atom stereocenters. The van der Waals surface area contributed by atoms with Crippen molar-refractivity contribution in [1.29, 1.82) is 0 Å². The summed E-state index contributed by atoms with van der Waals surface area (Å²) in [4.78, 5) is 115. The van der Waals surface area contributed by atoms with E-state index < -0.39 is 78.0 Å². The van der Waals surface area contributed by atoms with Gasteiger partial charge in [-0.1, -0.05) is 62.7 Å². The summed E-state index contributed by atoms with van der Waals surface area (Å²) in [6.45, 7) is 9.05. The van der Waals surface area contributed by atoms with Gasteiger partial charge in [-0.3, -0.25) is 38.4 Å². The lowest BCUT2D eigenvalue weighted by atomic mass is 10.00. The van der Waals surface area contributed by atoms with Gasteiger partial charge in [0.2, 0.25) is 41.4 Å². The molecule has 2 aromatic rings.